The Balaban J connectivity index is 2.13. The van der Waals surface area contributed by atoms with E-state index in [1.807, 2.05) is 0 Å². The topological polar surface area (TPSA) is 24.5 Å². The van der Waals surface area contributed by atoms with Crippen molar-refractivity contribution in [2.75, 3.05) is 31.6 Å². The first-order chi connectivity index (χ1) is 8.11. The summed E-state index contributed by atoms with van der Waals surface area (Å²) in [5, 5.41) is 3.53. The van der Waals surface area contributed by atoms with E-state index in [0.717, 1.165) is 19.6 Å². The standard InChI is InChI=1S/C14H22N2O/c1-14(2)11-16(8-7-15-14)13-6-4-5-12(9-13)10-17-3/h4-6,9,15H,7-8,10-11H2,1-3H3. The molecule has 0 saturated carbocycles. The molecule has 0 atom stereocenters. The molecular formula is C14H22N2O. The predicted octanol–water partition coefficient (Wildman–Crippen LogP) is 2.02. The molecule has 1 aliphatic rings. The minimum absolute atomic E-state index is 0.190. The molecule has 3 nitrogen and oxygen atoms in total. The molecule has 1 heterocycles. The number of piperazine rings is 1. The molecule has 1 aromatic carbocycles. The smallest absolute Gasteiger partial charge is 0.0713 e. The highest BCUT2D eigenvalue weighted by Gasteiger charge is 2.25. The highest BCUT2D eigenvalue weighted by Crippen LogP contribution is 2.21. The maximum Gasteiger partial charge on any atom is 0.0713 e. The molecular weight excluding hydrogens is 212 g/mol. The molecule has 17 heavy (non-hydrogen) atoms. The summed E-state index contributed by atoms with van der Waals surface area (Å²) in [7, 11) is 1.74. The van der Waals surface area contributed by atoms with E-state index in [9.17, 15) is 0 Å². The van der Waals surface area contributed by atoms with Crippen LogP contribution in [0.15, 0.2) is 24.3 Å². The zero-order valence-electron chi connectivity index (χ0n) is 11.0. The lowest BCUT2D eigenvalue weighted by Gasteiger charge is -2.40. The molecule has 0 amide bonds. The summed E-state index contributed by atoms with van der Waals surface area (Å²) in [6.07, 6.45) is 0. The lowest BCUT2D eigenvalue weighted by atomic mass is 10.0. The van der Waals surface area contributed by atoms with Crippen LogP contribution in [0.25, 0.3) is 0 Å². The van der Waals surface area contributed by atoms with Crippen LogP contribution >= 0.6 is 0 Å². The molecule has 1 aliphatic heterocycles. The van der Waals surface area contributed by atoms with Crippen molar-refractivity contribution in [3.63, 3.8) is 0 Å². The van der Waals surface area contributed by atoms with Gasteiger partial charge in [0.15, 0.2) is 0 Å². The van der Waals surface area contributed by atoms with Crippen molar-refractivity contribution < 1.29 is 4.74 Å². The lowest BCUT2D eigenvalue weighted by Crippen LogP contribution is -2.57. The van der Waals surface area contributed by atoms with Crippen molar-refractivity contribution in [1.82, 2.24) is 5.32 Å². The van der Waals surface area contributed by atoms with Gasteiger partial charge in [0, 0.05) is 38.0 Å². The van der Waals surface area contributed by atoms with E-state index in [-0.39, 0.29) is 5.54 Å². The minimum Gasteiger partial charge on any atom is -0.380 e. The number of rotatable bonds is 3. The molecule has 1 fully saturated rings. The molecule has 0 radical (unpaired) electrons. The molecule has 0 unspecified atom stereocenters. The van der Waals surface area contributed by atoms with Crippen LogP contribution in [0.3, 0.4) is 0 Å². The third kappa shape index (κ3) is 3.20. The van der Waals surface area contributed by atoms with Gasteiger partial charge in [-0.2, -0.15) is 0 Å². The van der Waals surface area contributed by atoms with Crippen LogP contribution in [0.4, 0.5) is 5.69 Å². The van der Waals surface area contributed by atoms with Gasteiger partial charge >= 0.3 is 0 Å². The molecule has 1 aromatic rings. The number of hydrogen-bond acceptors (Lipinski definition) is 3. The number of methoxy groups -OCH3 is 1. The van der Waals surface area contributed by atoms with Crippen molar-refractivity contribution in [1.29, 1.82) is 0 Å². The highest BCUT2D eigenvalue weighted by atomic mass is 16.5. The van der Waals surface area contributed by atoms with Gasteiger partial charge in [0.1, 0.15) is 0 Å². The van der Waals surface area contributed by atoms with E-state index in [1.165, 1.54) is 11.3 Å². The van der Waals surface area contributed by atoms with Crippen LogP contribution in [0.5, 0.6) is 0 Å². The van der Waals surface area contributed by atoms with Crippen LogP contribution in [0.2, 0.25) is 0 Å². The number of anilines is 1. The average Bonchev–Trinajstić information content (AvgIpc) is 2.28. The molecule has 1 N–H and O–H groups in total. The van der Waals surface area contributed by atoms with Crippen molar-refractivity contribution in [3.8, 4) is 0 Å². The van der Waals surface area contributed by atoms with Gasteiger partial charge in [0.2, 0.25) is 0 Å². The molecule has 2 rings (SSSR count). The van der Waals surface area contributed by atoms with Crippen LogP contribution in [0.1, 0.15) is 19.4 Å². The molecule has 0 spiro atoms. The Morgan fingerprint density at radius 1 is 1.41 bits per heavy atom. The Labute approximate surface area is 104 Å². The monoisotopic (exact) mass is 234 g/mol. The first kappa shape index (κ1) is 12.4. The Bertz CT molecular complexity index is 376. The molecule has 1 saturated heterocycles. The number of benzene rings is 1. The van der Waals surface area contributed by atoms with Gasteiger partial charge in [0.05, 0.1) is 6.61 Å². The van der Waals surface area contributed by atoms with Gasteiger partial charge in [-0.05, 0) is 31.5 Å². The Morgan fingerprint density at radius 3 is 2.94 bits per heavy atom. The Morgan fingerprint density at radius 2 is 2.24 bits per heavy atom. The van der Waals surface area contributed by atoms with E-state index < -0.39 is 0 Å². The molecule has 0 bridgehead atoms. The first-order valence-corrected chi connectivity index (χ1v) is 6.19. The maximum absolute atomic E-state index is 5.18. The summed E-state index contributed by atoms with van der Waals surface area (Å²) >= 11 is 0. The van der Waals surface area contributed by atoms with E-state index in [4.69, 9.17) is 4.74 Å². The van der Waals surface area contributed by atoms with Crippen molar-refractivity contribution >= 4 is 5.69 Å². The van der Waals surface area contributed by atoms with E-state index in [1.54, 1.807) is 7.11 Å². The third-order valence-electron chi connectivity index (χ3n) is 3.16. The quantitative estimate of drug-likeness (QED) is 0.866. The Kier molecular flexibility index (Phi) is 3.69. The first-order valence-electron chi connectivity index (χ1n) is 6.19. The van der Waals surface area contributed by atoms with Gasteiger partial charge in [-0.15, -0.1) is 0 Å². The van der Waals surface area contributed by atoms with Gasteiger partial charge < -0.3 is 15.0 Å². The number of ether oxygens (including phenoxy) is 1. The van der Waals surface area contributed by atoms with E-state index in [2.05, 4.69) is 48.3 Å². The third-order valence-corrected chi connectivity index (χ3v) is 3.16. The summed E-state index contributed by atoms with van der Waals surface area (Å²) in [5.74, 6) is 0. The summed E-state index contributed by atoms with van der Waals surface area (Å²) in [5.41, 5.74) is 2.73. The van der Waals surface area contributed by atoms with Crippen LogP contribution in [-0.4, -0.2) is 32.3 Å². The summed E-state index contributed by atoms with van der Waals surface area (Å²) < 4.78 is 5.18. The second-order valence-corrected chi connectivity index (χ2v) is 5.34. The fraction of sp³-hybridized carbons (Fsp3) is 0.571. The van der Waals surface area contributed by atoms with Crippen LogP contribution < -0.4 is 10.2 Å². The predicted molar refractivity (Wildman–Crippen MR) is 71.4 cm³/mol. The normalized spacial score (nSPS) is 19.4. The average molecular weight is 234 g/mol. The molecule has 0 aliphatic carbocycles. The summed E-state index contributed by atoms with van der Waals surface area (Å²) in [6.45, 7) is 8.34. The maximum atomic E-state index is 5.18. The SMILES string of the molecule is COCc1cccc(N2CCNC(C)(C)C2)c1. The Hall–Kier alpha value is -1.06. The van der Waals surface area contributed by atoms with Gasteiger partial charge in [0.25, 0.3) is 0 Å². The van der Waals surface area contributed by atoms with Crippen molar-refractivity contribution in [3.05, 3.63) is 29.8 Å². The second kappa shape index (κ2) is 5.07. The van der Waals surface area contributed by atoms with Crippen LogP contribution in [0, 0.1) is 0 Å². The highest BCUT2D eigenvalue weighted by molar-refractivity contribution is 5.49. The molecule has 0 aromatic heterocycles. The molecule has 3 heteroatoms. The van der Waals surface area contributed by atoms with Gasteiger partial charge in [-0.25, -0.2) is 0 Å². The minimum atomic E-state index is 0.190. The number of hydrogen-bond donors (Lipinski definition) is 1. The summed E-state index contributed by atoms with van der Waals surface area (Å²) in [4.78, 5) is 2.44. The molecule has 94 valence electrons. The van der Waals surface area contributed by atoms with Gasteiger partial charge in [-0.3, -0.25) is 0 Å². The van der Waals surface area contributed by atoms with E-state index >= 15 is 0 Å². The second-order valence-electron chi connectivity index (χ2n) is 5.34. The van der Waals surface area contributed by atoms with Gasteiger partial charge in [-0.1, -0.05) is 12.1 Å². The largest absolute Gasteiger partial charge is 0.380 e. The van der Waals surface area contributed by atoms with E-state index in [0.29, 0.717) is 6.61 Å². The number of nitrogens with one attached hydrogen (secondary N) is 1. The lowest BCUT2D eigenvalue weighted by molar-refractivity contribution is 0.185. The fourth-order valence-corrected chi connectivity index (χ4v) is 2.37. The fourth-order valence-electron chi connectivity index (χ4n) is 2.37. The van der Waals surface area contributed by atoms with Crippen LogP contribution in [-0.2, 0) is 11.3 Å². The van der Waals surface area contributed by atoms with Crippen molar-refractivity contribution in [2.45, 2.75) is 26.0 Å². The summed E-state index contributed by atoms with van der Waals surface area (Å²) in [6, 6.07) is 8.63. The van der Waals surface area contributed by atoms with Crippen molar-refractivity contribution in [2.24, 2.45) is 0 Å². The zero-order chi connectivity index (χ0) is 12.3. The zero-order valence-corrected chi connectivity index (χ0v) is 11.0. The number of nitrogens with zero attached hydrogens (tertiary/aromatic N) is 1.